The molecule has 0 amide bonds. The van der Waals surface area contributed by atoms with Crippen molar-refractivity contribution in [2.24, 2.45) is 0 Å². The normalized spacial score (nSPS) is 17.8. The lowest BCUT2D eigenvalue weighted by atomic mass is 9.81. The number of rotatable bonds is 3. The Morgan fingerprint density at radius 1 is 0.848 bits per heavy atom. The Morgan fingerprint density at radius 2 is 1.76 bits per heavy atom. The van der Waals surface area contributed by atoms with Gasteiger partial charge in [0, 0.05) is 23.4 Å². The maximum absolute atomic E-state index is 5.60. The molecule has 0 saturated carbocycles. The molecule has 3 aromatic carbocycles. The van der Waals surface area contributed by atoms with Gasteiger partial charge in [0.1, 0.15) is 5.75 Å². The molecule has 0 spiro atoms. The molecule has 1 aliphatic heterocycles. The van der Waals surface area contributed by atoms with Crippen molar-refractivity contribution in [3.63, 3.8) is 0 Å². The first-order valence-electron chi connectivity index (χ1n) is 11.7. The lowest BCUT2D eigenvalue weighted by Crippen LogP contribution is -2.36. The van der Waals surface area contributed by atoms with Crippen molar-refractivity contribution < 1.29 is 4.74 Å². The molecule has 6 rings (SSSR count). The number of benzene rings is 3. The van der Waals surface area contributed by atoms with E-state index in [1.54, 1.807) is 7.11 Å². The fourth-order valence-electron chi connectivity index (χ4n) is 5.49. The van der Waals surface area contributed by atoms with E-state index in [-0.39, 0.29) is 0 Å². The third-order valence-corrected chi connectivity index (χ3v) is 7.06. The second-order valence-electron chi connectivity index (χ2n) is 8.85. The number of methoxy groups -OCH3 is 1. The Labute approximate surface area is 194 Å². The van der Waals surface area contributed by atoms with Crippen molar-refractivity contribution in [3.05, 3.63) is 112 Å². The highest BCUT2D eigenvalue weighted by Crippen LogP contribution is 2.35. The summed E-state index contributed by atoms with van der Waals surface area (Å²) in [6.07, 6.45) is 18.6. The van der Waals surface area contributed by atoms with Crippen molar-refractivity contribution in [1.29, 1.82) is 0 Å². The second kappa shape index (κ2) is 8.29. The zero-order chi connectivity index (χ0) is 22.2. The predicted octanol–water partition coefficient (Wildman–Crippen LogP) is 5.58. The summed E-state index contributed by atoms with van der Waals surface area (Å²) < 4.78 is 5.60. The van der Waals surface area contributed by atoms with Gasteiger partial charge in [-0.3, -0.25) is 0 Å². The van der Waals surface area contributed by atoms with E-state index in [0.717, 1.165) is 30.6 Å². The molecule has 0 fully saturated rings. The number of para-hydroxylation sites is 1. The number of hydrogen-bond donors (Lipinski definition) is 1. The van der Waals surface area contributed by atoms with E-state index in [4.69, 9.17) is 4.74 Å². The summed E-state index contributed by atoms with van der Waals surface area (Å²) in [7, 11) is 1.74. The smallest absolute Gasteiger partial charge is 0.126 e. The molecule has 1 atom stereocenters. The van der Waals surface area contributed by atoms with Gasteiger partial charge in [-0.1, -0.05) is 72.8 Å². The van der Waals surface area contributed by atoms with E-state index in [2.05, 4.69) is 84.2 Å². The number of ether oxygens (including phenoxy) is 1. The molecule has 2 nitrogen and oxygen atoms in total. The quantitative estimate of drug-likeness (QED) is 0.587. The zero-order valence-corrected chi connectivity index (χ0v) is 18.8. The lowest BCUT2D eigenvalue weighted by molar-refractivity contribution is 0.416. The van der Waals surface area contributed by atoms with Crippen LogP contribution in [-0.2, 0) is 6.42 Å². The van der Waals surface area contributed by atoms with Crippen LogP contribution >= 0.6 is 0 Å². The summed E-state index contributed by atoms with van der Waals surface area (Å²) in [5.74, 6) is 1.32. The SMILES string of the molecule is COc1ccccc1-c1ccc2c(c1)CC=c1c-2ccc2c1=CCCC2C1=CC=CC=CN1. The van der Waals surface area contributed by atoms with Crippen molar-refractivity contribution in [2.75, 3.05) is 7.11 Å². The van der Waals surface area contributed by atoms with Crippen LogP contribution in [0, 0.1) is 0 Å². The molecule has 2 aliphatic carbocycles. The van der Waals surface area contributed by atoms with E-state index in [1.165, 1.54) is 44.0 Å². The fourth-order valence-corrected chi connectivity index (χ4v) is 5.49. The van der Waals surface area contributed by atoms with Crippen LogP contribution in [0.2, 0.25) is 0 Å². The summed E-state index contributed by atoms with van der Waals surface area (Å²) in [4.78, 5) is 0. The van der Waals surface area contributed by atoms with Gasteiger partial charge < -0.3 is 10.1 Å². The maximum Gasteiger partial charge on any atom is 0.126 e. The van der Waals surface area contributed by atoms with Crippen LogP contribution in [0.3, 0.4) is 0 Å². The first kappa shape index (κ1) is 19.9. The van der Waals surface area contributed by atoms with Crippen molar-refractivity contribution in [1.82, 2.24) is 5.32 Å². The van der Waals surface area contributed by atoms with Crippen molar-refractivity contribution in [3.8, 4) is 28.0 Å². The standard InChI is InChI=1S/C31H27NO/c1-33-31-12-5-4-8-24(31)22-13-15-23-21(20-22)14-16-27-25-9-7-10-29(28(25)18-17-26(23)27)30-11-3-2-6-19-32-30/h2-6,8-9,11-13,15-20,29,32H,7,10,14H2,1H3. The molecule has 3 aromatic rings. The minimum Gasteiger partial charge on any atom is -0.496 e. The minimum atomic E-state index is 0.408. The molecule has 33 heavy (non-hydrogen) atoms. The predicted molar refractivity (Wildman–Crippen MR) is 137 cm³/mol. The molecule has 162 valence electrons. The molecule has 0 bridgehead atoms. The van der Waals surface area contributed by atoms with E-state index in [1.807, 2.05) is 18.3 Å². The molecule has 1 heterocycles. The third kappa shape index (κ3) is 3.43. The molecule has 3 aliphatic rings. The van der Waals surface area contributed by atoms with E-state index in [9.17, 15) is 0 Å². The van der Waals surface area contributed by atoms with Gasteiger partial charge >= 0.3 is 0 Å². The van der Waals surface area contributed by atoms with Gasteiger partial charge in [0.2, 0.25) is 0 Å². The molecular formula is C31H27NO. The molecule has 1 N–H and O–H groups in total. The molecule has 0 aromatic heterocycles. The van der Waals surface area contributed by atoms with Gasteiger partial charge in [0.25, 0.3) is 0 Å². The zero-order valence-electron chi connectivity index (χ0n) is 18.8. The topological polar surface area (TPSA) is 21.3 Å². The Kier molecular flexibility index (Phi) is 4.99. The maximum atomic E-state index is 5.60. The average Bonchev–Trinajstić information content (AvgIpc) is 3.17. The van der Waals surface area contributed by atoms with Crippen LogP contribution in [0.5, 0.6) is 5.75 Å². The minimum absolute atomic E-state index is 0.408. The third-order valence-electron chi connectivity index (χ3n) is 7.06. The second-order valence-corrected chi connectivity index (χ2v) is 8.85. The number of fused-ring (bicyclic) bond motifs is 5. The van der Waals surface area contributed by atoms with Gasteiger partial charge in [-0.05, 0) is 75.7 Å². The number of allylic oxidation sites excluding steroid dienone is 5. The number of nitrogens with one attached hydrogen (secondary N) is 1. The Bertz CT molecular complexity index is 1450. The monoisotopic (exact) mass is 429 g/mol. The highest BCUT2D eigenvalue weighted by molar-refractivity contribution is 5.80. The van der Waals surface area contributed by atoms with E-state index >= 15 is 0 Å². The lowest BCUT2D eigenvalue weighted by Gasteiger charge is -2.26. The molecule has 1 unspecified atom stereocenters. The van der Waals surface area contributed by atoms with E-state index < -0.39 is 0 Å². The average molecular weight is 430 g/mol. The molecule has 0 radical (unpaired) electrons. The largest absolute Gasteiger partial charge is 0.496 e. The van der Waals surface area contributed by atoms with Crippen LogP contribution in [0.15, 0.2) is 90.8 Å². The van der Waals surface area contributed by atoms with Crippen LogP contribution in [0.4, 0.5) is 0 Å². The summed E-state index contributed by atoms with van der Waals surface area (Å²) in [6.45, 7) is 0. The highest BCUT2D eigenvalue weighted by Gasteiger charge is 2.23. The van der Waals surface area contributed by atoms with Gasteiger partial charge in [0.05, 0.1) is 7.11 Å². The van der Waals surface area contributed by atoms with Gasteiger partial charge in [-0.25, -0.2) is 0 Å². The summed E-state index contributed by atoms with van der Waals surface area (Å²) >= 11 is 0. The summed E-state index contributed by atoms with van der Waals surface area (Å²) in [6, 6.07) is 19.8. The highest BCUT2D eigenvalue weighted by atomic mass is 16.5. The van der Waals surface area contributed by atoms with Crippen LogP contribution in [0.25, 0.3) is 34.4 Å². The van der Waals surface area contributed by atoms with Crippen molar-refractivity contribution >= 4 is 12.2 Å². The molecular weight excluding hydrogens is 402 g/mol. The van der Waals surface area contributed by atoms with Crippen molar-refractivity contribution in [2.45, 2.75) is 25.2 Å². The number of hydrogen-bond acceptors (Lipinski definition) is 2. The van der Waals surface area contributed by atoms with Crippen LogP contribution in [-0.4, -0.2) is 7.11 Å². The summed E-state index contributed by atoms with van der Waals surface area (Å²) in [5.41, 5.74) is 9.15. The summed E-state index contributed by atoms with van der Waals surface area (Å²) in [5, 5.41) is 6.32. The van der Waals surface area contributed by atoms with E-state index in [0.29, 0.717) is 5.92 Å². The van der Waals surface area contributed by atoms with Gasteiger partial charge in [-0.2, -0.15) is 0 Å². The molecule has 0 saturated heterocycles. The van der Waals surface area contributed by atoms with Crippen LogP contribution < -0.4 is 20.5 Å². The van der Waals surface area contributed by atoms with Crippen LogP contribution in [0.1, 0.15) is 29.9 Å². The Morgan fingerprint density at radius 3 is 2.70 bits per heavy atom. The molecule has 2 heteroatoms. The first-order valence-corrected chi connectivity index (χ1v) is 11.7. The Hall–Kier alpha value is -3.78. The Balaban J connectivity index is 1.43. The van der Waals surface area contributed by atoms with Gasteiger partial charge in [-0.15, -0.1) is 0 Å². The fraction of sp³-hybridized carbons (Fsp3) is 0.161. The first-order chi connectivity index (χ1) is 16.3. The van der Waals surface area contributed by atoms with Gasteiger partial charge in [0.15, 0.2) is 0 Å².